The fraction of sp³-hybridized carbons (Fsp3) is 0.797. The van der Waals surface area contributed by atoms with Crippen molar-refractivity contribution in [2.24, 2.45) is 35.5 Å². The van der Waals surface area contributed by atoms with E-state index in [1.165, 1.54) is 89.7 Å². The Bertz CT molecular complexity index is 2410. The van der Waals surface area contributed by atoms with Crippen LogP contribution in [0.3, 0.4) is 0 Å². The van der Waals surface area contributed by atoms with E-state index in [4.69, 9.17) is 4.74 Å². The van der Waals surface area contributed by atoms with E-state index in [1.54, 1.807) is 60.6 Å². The Morgan fingerprint density at radius 1 is 0.528 bits per heavy atom. The first-order valence-corrected chi connectivity index (χ1v) is 31.8. The van der Waals surface area contributed by atoms with Gasteiger partial charge in [-0.15, -0.1) is 0 Å². The molecule has 0 aromatic rings. The minimum atomic E-state index is -1.65. The first-order chi connectivity index (χ1) is 41.3. The molecule has 11 amide bonds. The largest absolute Gasteiger partial charge is 0.390 e. The van der Waals surface area contributed by atoms with Gasteiger partial charge in [0, 0.05) is 55.9 Å². The van der Waals surface area contributed by atoms with Crippen molar-refractivity contribution in [2.45, 2.75) is 228 Å². The third-order valence-corrected chi connectivity index (χ3v) is 16.7. The predicted octanol–water partition coefficient (Wildman–Crippen LogP) is 3.38. The molecule has 0 bridgehead atoms. The third kappa shape index (κ3) is 23.2. The molecule has 0 aromatic heterocycles. The number of hydrogen-bond acceptors (Lipinski definition) is 13. The van der Waals surface area contributed by atoms with Gasteiger partial charge in [0.05, 0.1) is 25.4 Å². The second kappa shape index (κ2) is 37.8. The number of hydrogen-bond donors (Lipinski definition) is 5. The van der Waals surface area contributed by atoms with Gasteiger partial charge in [-0.05, 0) is 108 Å². The molecule has 0 unspecified atom stereocenters. The van der Waals surface area contributed by atoms with Crippen molar-refractivity contribution in [3.05, 3.63) is 12.2 Å². The number of aliphatic hydroxyl groups is 1. The zero-order valence-corrected chi connectivity index (χ0v) is 58.0. The number of carbonyl (C=O) groups excluding carboxylic acids is 11. The SMILES string of the molecule is C/C=C/C[C@@H](C)[C@@H](O)[C@H]1C(=O)N[C@@H](CC)C(=O)N(C)CC(=O)N(C)[C@@H]([C@@H](C)OCCCCF)C(=O)N[C@@H](C(C)C)C(=O)N(C)[C@H](CC(C)C)C(=O)N[C@@H](C)C(=O)N[C@@H](C)C(=O)N(C)[C@@H](CC(C)C)C(=O)N(C)[C@H](CC(C)C)C(=O)N(C)[C@@H](C(C)C)C(=O)N1C. The molecule has 0 radical (unpaired) electrons. The molecule has 89 heavy (non-hydrogen) atoms. The van der Waals surface area contributed by atoms with Crippen molar-refractivity contribution in [1.29, 1.82) is 0 Å². The van der Waals surface area contributed by atoms with Crippen molar-refractivity contribution in [3.63, 3.8) is 0 Å². The van der Waals surface area contributed by atoms with Crippen LogP contribution < -0.4 is 21.3 Å². The van der Waals surface area contributed by atoms with E-state index in [2.05, 4.69) is 21.3 Å². The number of ether oxygens (including phenoxy) is 1. The summed E-state index contributed by atoms with van der Waals surface area (Å²) in [6.45, 7) is 26.1. The maximum atomic E-state index is 15.2. The van der Waals surface area contributed by atoms with Gasteiger partial charge in [0.15, 0.2) is 0 Å². The zero-order chi connectivity index (χ0) is 68.8. The second-order valence-electron chi connectivity index (χ2n) is 26.4. The summed E-state index contributed by atoms with van der Waals surface area (Å²) >= 11 is 0. The number of likely N-dealkylation sites (N-methyl/N-ethyl adjacent to an activating group) is 7. The van der Waals surface area contributed by atoms with Gasteiger partial charge < -0.3 is 65.4 Å². The van der Waals surface area contributed by atoms with Gasteiger partial charge in [-0.25, -0.2) is 0 Å². The number of alkyl halides is 1. The average Bonchev–Trinajstić information content (AvgIpc) is 0.987. The molecule has 1 saturated heterocycles. The highest BCUT2D eigenvalue weighted by Crippen LogP contribution is 2.26. The van der Waals surface area contributed by atoms with Crippen LogP contribution in [0.1, 0.15) is 156 Å². The molecule has 25 heteroatoms. The van der Waals surface area contributed by atoms with Gasteiger partial charge in [0.1, 0.15) is 60.4 Å². The van der Waals surface area contributed by atoms with Crippen LogP contribution >= 0.6 is 0 Å². The maximum Gasteiger partial charge on any atom is 0.246 e. The van der Waals surface area contributed by atoms with Crippen LogP contribution in [0.15, 0.2) is 12.2 Å². The summed E-state index contributed by atoms with van der Waals surface area (Å²) in [6.07, 6.45) is 2.06. The molecule has 0 aromatic carbocycles. The van der Waals surface area contributed by atoms with Crippen LogP contribution in [-0.4, -0.2) is 246 Å². The van der Waals surface area contributed by atoms with E-state index >= 15 is 9.59 Å². The Morgan fingerprint density at radius 2 is 1.00 bits per heavy atom. The molecule has 0 aliphatic carbocycles. The molecule has 0 saturated carbocycles. The van der Waals surface area contributed by atoms with E-state index < -0.39 is 169 Å². The number of nitrogens with one attached hydrogen (secondary N) is 4. The summed E-state index contributed by atoms with van der Waals surface area (Å²) in [5.41, 5.74) is 0. The highest BCUT2D eigenvalue weighted by atomic mass is 19.1. The first-order valence-electron chi connectivity index (χ1n) is 31.8. The monoisotopic (exact) mass is 1260 g/mol. The second-order valence-corrected chi connectivity index (χ2v) is 26.4. The van der Waals surface area contributed by atoms with Crippen molar-refractivity contribution in [2.75, 3.05) is 69.2 Å². The number of carbonyl (C=O) groups is 11. The van der Waals surface area contributed by atoms with Crippen molar-refractivity contribution < 1.29 is 67.0 Å². The summed E-state index contributed by atoms with van der Waals surface area (Å²) in [5.74, 6) is -10.4. The number of unbranched alkanes of at least 4 members (excludes halogenated alkanes) is 1. The van der Waals surface area contributed by atoms with Gasteiger partial charge in [-0.3, -0.25) is 57.1 Å². The van der Waals surface area contributed by atoms with Crippen molar-refractivity contribution >= 4 is 65.0 Å². The normalized spacial score (nSPS) is 26.5. The van der Waals surface area contributed by atoms with Crippen molar-refractivity contribution in [3.8, 4) is 0 Å². The molecule has 24 nitrogen and oxygen atoms in total. The van der Waals surface area contributed by atoms with Gasteiger partial charge in [0.2, 0.25) is 65.0 Å². The quantitative estimate of drug-likeness (QED) is 0.0918. The van der Waals surface area contributed by atoms with Crippen LogP contribution in [-0.2, 0) is 57.5 Å². The van der Waals surface area contributed by atoms with E-state index in [-0.39, 0.29) is 69.3 Å². The molecular formula is C64H114FN11O13. The summed E-state index contributed by atoms with van der Waals surface area (Å²) in [7, 11) is 9.67. The van der Waals surface area contributed by atoms with Crippen LogP contribution in [0.5, 0.6) is 0 Å². The van der Waals surface area contributed by atoms with E-state index in [0.29, 0.717) is 0 Å². The Kier molecular flexibility index (Phi) is 34.3. The molecule has 510 valence electrons. The summed E-state index contributed by atoms with van der Waals surface area (Å²) in [4.78, 5) is 169. The summed E-state index contributed by atoms with van der Waals surface area (Å²) in [5, 5.41) is 23.0. The van der Waals surface area contributed by atoms with E-state index in [1.807, 2.05) is 41.5 Å². The smallest absolute Gasteiger partial charge is 0.246 e. The molecule has 13 atom stereocenters. The Balaban J connectivity index is 4.38. The van der Waals surface area contributed by atoms with Crippen LogP contribution in [0.25, 0.3) is 0 Å². The number of aliphatic hydroxyl groups excluding tert-OH is 1. The van der Waals surface area contributed by atoms with Gasteiger partial charge >= 0.3 is 0 Å². The maximum absolute atomic E-state index is 15.2. The molecule has 1 aliphatic heterocycles. The van der Waals surface area contributed by atoms with Crippen LogP contribution in [0.2, 0.25) is 0 Å². The number of allylic oxidation sites excluding steroid dienone is 2. The lowest BCUT2D eigenvalue weighted by Crippen LogP contribution is -2.63. The number of nitrogens with zero attached hydrogens (tertiary/aromatic N) is 7. The Hall–Kier alpha value is -6.24. The fourth-order valence-electron chi connectivity index (χ4n) is 11.0. The summed E-state index contributed by atoms with van der Waals surface area (Å²) in [6, 6.07) is -13.0. The first kappa shape index (κ1) is 80.8. The lowest BCUT2D eigenvalue weighted by molar-refractivity contribution is -0.157. The van der Waals surface area contributed by atoms with Crippen LogP contribution in [0, 0.1) is 35.5 Å². The highest BCUT2D eigenvalue weighted by molar-refractivity contribution is 5.99. The van der Waals surface area contributed by atoms with Crippen LogP contribution in [0.4, 0.5) is 4.39 Å². The van der Waals surface area contributed by atoms with Gasteiger partial charge in [0.25, 0.3) is 0 Å². The fourth-order valence-corrected chi connectivity index (χ4v) is 11.0. The third-order valence-electron chi connectivity index (χ3n) is 16.7. The topological polar surface area (TPSA) is 288 Å². The molecule has 1 rings (SSSR count). The molecular weight excluding hydrogens is 1150 g/mol. The minimum Gasteiger partial charge on any atom is -0.390 e. The number of halogens is 1. The lowest BCUT2D eigenvalue weighted by atomic mass is 9.91. The van der Waals surface area contributed by atoms with Crippen molar-refractivity contribution in [1.82, 2.24) is 55.6 Å². The van der Waals surface area contributed by atoms with Gasteiger partial charge in [-0.1, -0.05) is 95.2 Å². The predicted molar refractivity (Wildman–Crippen MR) is 340 cm³/mol. The highest BCUT2D eigenvalue weighted by Gasteiger charge is 2.46. The average molecular weight is 1260 g/mol. The van der Waals surface area contributed by atoms with E-state index in [0.717, 1.165) is 14.7 Å². The zero-order valence-electron chi connectivity index (χ0n) is 58.0. The molecule has 1 aliphatic rings. The molecule has 5 N–H and O–H groups in total. The van der Waals surface area contributed by atoms with E-state index in [9.17, 15) is 52.6 Å². The summed E-state index contributed by atoms with van der Waals surface area (Å²) < 4.78 is 19.2. The molecule has 0 spiro atoms. The molecule has 1 heterocycles. The minimum absolute atomic E-state index is 0.00475. The number of amides is 11. The number of rotatable bonds is 19. The molecule has 1 fully saturated rings. The Morgan fingerprint density at radius 3 is 1.48 bits per heavy atom. The lowest BCUT2D eigenvalue weighted by Gasteiger charge is -2.41. The standard InChI is InChI=1S/C64H114FN11O13/c1-24-26-29-41(13)54(78)53-58(82)68-45(25-2)60(84)70(17)35-49(77)74(21)52(44(16)89-31-28-27-30-65)57(81)69-50(39(9)10)63(87)71(18)46(32-36(3)4)56(80)66-42(14)55(79)67-43(15)59(83)72(19)47(33-37(5)6)61(85)73(20)48(34-38(7)8)62(86)75(22)51(40(11)12)64(88)76(53)23/h24,26,36-48,50-54,78H,25,27-35H2,1-23H3,(H,66,80)(H,67,79)(H,68,82)(H,69,81)/b26-24+/t41-,42+,43+,44-,45+,46-,47+,48-,50+,51+,52+,53+,54-/m1/s1. The van der Waals surface area contributed by atoms with Gasteiger partial charge in [-0.2, -0.15) is 0 Å². The Labute approximate surface area is 530 Å².